The molecule has 0 aliphatic carbocycles. The highest BCUT2D eigenvalue weighted by Crippen LogP contribution is 2.48. The number of fused-ring (bicyclic) bond motifs is 14. The lowest BCUT2D eigenvalue weighted by Crippen LogP contribution is -2.10. The lowest BCUT2D eigenvalue weighted by molar-refractivity contribution is 0.590. The Bertz CT molecular complexity index is 7290. The molecular weight excluding hydrogens is 1470 g/mol. The van der Waals surface area contributed by atoms with E-state index in [1.54, 1.807) is 0 Å². The Hall–Kier alpha value is -14.1. The zero-order valence-electron chi connectivity index (χ0n) is 71.6. The standard InChI is InChI=1S/C118H98N4/c1-115(2,3)83-49-57-87(58-50-83)119-105-33-21-17-25-91(105)101-71-75(37-65-109(101)119)69-99(81-47-67-111-103(73-81)93-27-19-23-35-107(93)121(111)89-61-53-85(54-62-89)117(7,8)9)77-39-43-79(44-40-77)113-95-29-13-15-31-97(95)114(98-32-16-14-30-96(98)113)80-45-41-78(42-46-80)100(82-48-68-112-104(74-82)94-28-20-24-36-108(94)122(112)90-63-55-86(56-64-90)118(10,11)12)70-76-38-66-110-102(72-76)92-26-18-22-34-106(92)120(110)88-59-51-84(52-60-88)116(4,5)6/h13-74H,1-12H3. The maximum Gasteiger partial charge on any atom is 0.0541 e. The average molecular weight is 1570 g/mol. The van der Waals surface area contributed by atoms with Crippen LogP contribution in [0.2, 0.25) is 0 Å². The molecule has 0 saturated heterocycles. The van der Waals surface area contributed by atoms with Gasteiger partial charge in [0, 0.05) is 65.8 Å². The van der Waals surface area contributed by atoms with Crippen LogP contribution in [0.15, 0.2) is 364 Å². The summed E-state index contributed by atoms with van der Waals surface area (Å²) in [5, 5.41) is 14.6. The number of nitrogens with zero attached hydrogens (tertiary/aromatic N) is 4. The quantitative estimate of drug-likeness (QED) is 0.0858. The third-order valence-electron chi connectivity index (χ3n) is 25.8. The number of hydrogen-bond acceptors (Lipinski definition) is 0. The van der Waals surface area contributed by atoms with Crippen LogP contribution in [0.4, 0.5) is 0 Å². The average Bonchev–Trinajstić information content (AvgIpc) is 1.10. The summed E-state index contributed by atoms with van der Waals surface area (Å²) < 4.78 is 9.74. The first-order chi connectivity index (χ1) is 59.0. The van der Waals surface area contributed by atoms with E-state index in [0.717, 1.165) is 78.4 Å². The molecule has 0 amide bonds. The third-order valence-corrected chi connectivity index (χ3v) is 25.8. The maximum absolute atomic E-state index is 2.44. The molecule has 0 unspecified atom stereocenters. The number of rotatable bonds is 12. The first-order valence-corrected chi connectivity index (χ1v) is 43.2. The molecule has 0 N–H and O–H groups in total. The van der Waals surface area contributed by atoms with Crippen molar-refractivity contribution < 1.29 is 0 Å². The molecule has 0 radical (unpaired) electrons. The fourth-order valence-corrected chi connectivity index (χ4v) is 19.4. The van der Waals surface area contributed by atoms with Gasteiger partial charge >= 0.3 is 0 Å². The van der Waals surface area contributed by atoms with Crippen LogP contribution in [-0.2, 0) is 21.7 Å². The molecule has 21 aromatic rings. The molecule has 122 heavy (non-hydrogen) atoms. The van der Waals surface area contributed by atoms with E-state index < -0.39 is 0 Å². The van der Waals surface area contributed by atoms with E-state index in [-0.39, 0.29) is 21.7 Å². The highest BCUT2D eigenvalue weighted by Gasteiger charge is 2.26. The van der Waals surface area contributed by atoms with Gasteiger partial charge in [0.2, 0.25) is 0 Å². The molecule has 0 atom stereocenters. The van der Waals surface area contributed by atoms with Crippen LogP contribution in [-0.4, -0.2) is 18.3 Å². The topological polar surface area (TPSA) is 19.7 Å². The molecule has 0 saturated carbocycles. The third kappa shape index (κ3) is 13.0. The Kier molecular flexibility index (Phi) is 17.8. The van der Waals surface area contributed by atoms with Crippen molar-refractivity contribution in [2.24, 2.45) is 0 Å². The lowest BCUT2D eigenvalue weighted by Gasteiger charge is -2.19. The SMILES string of the molecule is CC(C)(C)c1ccc(-n2c3ccccc3c3cc(C=C(c4ccc(-c5c6ccccc6c(-c6ccc(C(=Cc7ccc8c(c7)c7ccccc7n8-c7ccc(C(C)(C)C)cc7)c7ccc8c(c7)c7ccccc7n8-c7ccc(C(C)(C)C)cc7)cc6)c6ccccc56)cc4)c4ccc5c(c4)c4ccccc4n5-c4ccc(C(C)(C)C)cc4)ccc32)cc1. The molecule has 17 aromatic carbocycles. The van der Waals surface area contributed by atoms with E-state index in [1.807, 2.05) is 0 Å². The Labute approximate surface area is 714 Å². The highest BCUT2D eigenvalue weighted by atomic mass is 15.0. The van der Waals surface area contributed by atoms with Gasteiger partial charge < -0.3 is 18.3 Å². The van der Waals surface area contributed by atoms with E-state index in [2.05, 4.69) is 477 Å². The van der Waals surface area contributed by atoms with Crippen molar-refractivity contribution >= 4 is 132 Å². The summed E-state index contributed by atoms with van der Waals surface area (Å²) in [6.45, 7) is 27.4. The van der Waals surface area contributed by atoms with Gasteiger partial charge in [-0.15, -0.1) is 0 Å². The number of benzene rings is 17. The molecular formula is C118H98N4. The van der Waals surface area contributed by atoms with Gasteiger partial charge in [-0.25, -0.2) is 0 Å². The van der Waals surface area contributed by atoms with E-state index in [0.29, 0.717) is 0 Å². The van der Waals surface area contributed by atoms with Crippen LogP contribution in [0.5, 0.6) is 0 Å². The van der Waals surface area contributed by atoms with Crippen LogP contribution in [0.25, 0.3) is 177 Å². The van der Waals surface area contributed by atoms with Gasteiger partial charge in [0.15, 0.2) is 0 Å². The molecule has 0 fully saturated rings. The van der Waals surface area contributed by atoms with Crippen LogP contribution >= 0.6 is 0 Å². The summed E-state index contributed by atoms with van der Waals surface area (Å²) in [6, 6.07) is 138. The van der Waals surface area contributed by atoms with Gasteiger partial charge in [0.05, 0.1) is 44.1 Å². The first-order valence-electron chi connectivity index (χ1n) is 43.2. The molecule has 0 bridgehead atoms. The summed E-state index contributed by atoms with van der Waals surface area (Å²) in [5.41, 5.74) is 33.4. The molecule has 4 aromatic heterocycles. The summed E-state index contributed by atoms with van der Waals surface area (Å²) in [4.78, 5) is 0. The first kappa shape index (κ1) is 75.4. The minimum Gasteiger partial charge on any atom is -0.309 e. The van der Waals surface area contributed by atoms with Gasteiger partial charge in [-0.2, -0.15) is 0 Å². The van der Waals surface area contributed by atoms with E-state index in [9.17, 15) is 0 Å². The van der Waals surface area contributed by atoms with Crippen LogP contribution in [0.1, 0.15) is 139 Å². The minimum atomic E-state index is 0.0409. The predicted octanol–water partition coefficient (Wildman–Crippen LogP) is 32.1. The van der Waals surface area contributed by atoms with Crippen LogP contribution in [0, 0.1) is 0 Å². The second-order valence-electron chi connectivity index (χ2n) is 37.7. The predicted molar refractivity (Wildman–Crippen MR) is 524 cm³/mol. The van der Waals surface area contributed by atoms with Crippen molar-refractivity contribution in [3.63, 3.8) is 0 Å². The summed E-state index contributed by atoms with van der Waals surface area (Å²) >= 11 is 0. The normalized spacial score (nSPS) is 12.9. The van der Waals surface area contributed by atoms with Crippen LogP contribution in [0.3, 0.4) is 0 Å². The summed E-state index contributed by atoms with van der Waals surface area (Å²) in [7, 11) is 0. The summed E-state index contributed by atoms with van der Waals surface area (Å²) in [6.07, 6.45) is 4.85. The summed E-state index contributed by atoms with van der Waals surface area (Å²) in [5.74, 6) is 0. The molecule has 0 spiro atoms. The smallest absolute Gasteiger partial charge is 0.0541 e. The highest BCUT2D eigenvalue weighted by molar-refractivity contribution is 6.22. The van der Waals surface area contributed by atoms with Gasteiger partial charge in [0.1, 0.15) is 0 Å². The Morgan fingerprint density at radius 2 is 0.402 bits per heavy atom. The Morgan fingerprint density at radius 1 is 0.189 bits per heavy atom. The van der Waals surface area contributed by atoms with Crippen molar-refractivity contribution in [1.82, 2.24) is 18.3 Å². The van der Waals surface area contributed by atoms with E-state index in [1.165, 1.54) is 142 Å². The Balaban J connectivity index is 0.693. The second kappa shape index (κ2) is 28.9. The van der Waals surface area contributed by atoms with Crippen molar-refractivity contribution in [1.29, 1.82) is 0 Å². The maximum atomic E-state index is 2.44. The second-order valence-corrected chi connectivity index (χ2v) is 37.7. The fraction of sp³-hybridized carbons (Fsp3) is 0.136. The van der Waals surface area contributed by atoms with Gasteiger partial charge in [-0.3, -0.25) is 0 Å². The molecule has 4 heteroatoms. The zero-order chi connectivity index (χ0) is 83.2. The molecule has 0 aliphatic heterocycles. The molecule has 590 valence electrons. The minimum absolute atomic E-state index is 0.0409. The molecule has 21 rings (SSSR count). The number of aromatic nitrogens is 4. The monoisotopic (exact) mass is 1570 g/mol. The molecule has 4 heterocycles. The number of hydrogen-bond donors (Lipinski definition) is 0. The van der Waals surface area contributed by atoms with Crippen molar-refractivity contribution in [3.8, 4) is 45.0 Å². The van der Waals surface area contributed by atoms with Crippen molar-refractivity contribution in [2.75, 3.05) is 0 Å². The van der Waals surface area contributed by atoms with E-state index in [4.69, 9.17) is 0 Å². The van der Waals surface area contributed by atoms with E-state index >= 15 is 0 Å². The van der Waals surface area contributed by atoms with Crippen molar-refractivity contribution in [3.05, 3.63) is 420 Å². The van der Waals surface area contributed by atoms with Gasteiger partial charge in [-0.05, 0) is 266 Å². The molecule has 4 nitrogen and oxygen atoms in total. The number of para-hydroxylation sites is 4. The Morgan fingerprint density at radius 3 is 0.656 bits per heavy atom. The zero-order valence-corrected chi connectivity index (χ0v) is 71.6. The van der Waals surface area contributed by atoms with Crippen LogP contribution < -0.4 is 0 Å². The lowest BCUT2D eigenvalue weighted by atomic mass is 9.85. The van der Waals surface area contributed by atoms with Gasteiger partial charge in [-0.1, -0.05) is 326 Å². The molecule has 0 aliphatic rings. The van der Waals surface area contributed by atoms with Crippen molar-refractivity contribution in [2.45, 2.75) is 105 Å². The fourth-order valence-electron chi connectivity index (χ4n) is 19.4. The van der Waals surface area contributed by atoms with Gasteiger partial charge in [0.25, 0.3) is 0 Å². The largest absolute Gasteiger partial charge is 0.309 e.